The number of amides is 1. The quantitative estimate of drug-likeness (QED) is 0.615. The third-order valence-electron chi connectivity index (χ3n) is 3.43. The highest BCUT2D eigenvalue weighted by Gasteiger charge is 2.21. The zero-order valence-electron chi connectivity index (χ0n) is 14.5. The molecule has 7 nitrogen and oxygen atoms in total. The van der Waals surface area contributed by atoms with Crippen LogP contribution in [0.3, 0.4) is 0 Å². The van der Waals surface area contributed by atoms with Crippen LogP contribution in [-0.4, -0.2) is 33.7 Å². The second-order valence-corrected chi connectivity index (χ2v) is 6.50. The molecule has 0 aliphatic carbocycles. The van der Waals surface area contributed by atoms with Gasteiger partial charge in [0.2, 0.25) is 5.88 Å². The maximum absolute atomic E-state index is 12.3. The summed E-state index contributed by atoms with van der Waals surface area (Å²) in [5.41, 5.74) is 0.722. The minimum absolute atomic E-state index is 0.0678. The Labute approximate surface area is 164 Å². The van der Waals surface area contributed by atoms with E-state index in [0.717, 1.165) is 5.69 Å². The maximum Gasteiger partial charge on any atom is 0.418 e. The molecule has 1 amide bonds. The molecule has 0 unspecified atom stereocenters. The Hall–Kier alpha value is -2.84. The number of carbonyl (C=O) groups is 1. The van der Waals surface area contributed by atoms with Gasteiger partial charge in [-0.25, -0.2) is 9.48 Å². The Bertz CT molecular complexity index is 898. The van der Waals surface area contributed by atoms with E-state index < -0.39 is 12.2 Å². The first-order valence-corrected chi connectivity index (χ1v) is 9.02. The van der Waals surface area contributed by atoms with Crippen molar-refractivity contribution in [2.24, 2.45) is 0 Å². The van der Waals surface area contributed by atoms with E-state index in [-0.39, 0.29) is 12.5 Å². The van der Waals surface area contributed by atoms with Crippen LogP contribution in [0.4, 0.5) is 10.6 Å². The zero-order chi connectivity index (χ0) is 19.2. The molecule has 0 saturated heterocycles. The minimum atomic E-state index is -0.666. The molecule has 1 atom stereocenters. The molecule has 2 N–H and O–H groups in total. The number of rotatable bonds is 6. The molecule has 27 heavy (non-hydrogen) atoms. The van der Waals surface area contributed by atoms with Gasteiger partial charge in [-0.3, -0.25) is 5.32 Å². The van der Waals surface area contributed by atoms with Crippen LogP contribution >= 0.6 is 15.9 Å². The number of aliphatic hydroxyl groups is 1. The van der Waals surface area contributed by atoms with Crippen molar-refractivity contribution in [1.82, 2.24) is 9.78 Å². The van der Waals surface area contributed by atoms with E-state index in [0.29, 0.717) is 16.0 Å². The summed E-state index contributed by atoms with van der Waals surface area (Å²) >= 11 is 3.40. The van der Waals surface area contributed by atoms with Gasteiger partial charge in [0.25, 0.3) is 0 Å². The van der Waals surface area contributed by atoms with Crippen molar-refractivity contribution in [3.05, 3.63) is 65.1 Å². The van der Waals surface area contributed by atoms with Crippen molar-refractivity contribution < 1.29 is 19.4 Å². The smallest absolute Gasteiger partial charge is 0.418 e. The molecule has 140 valence electrons. The monoisotopic (exact) mass is 431 g/mol. The number of nitrogens with zero attached hydrogens (tertiary/aromatic N) is 2. The van der Waals surface area contributed by atoms with Gasteiger partial charge in [0.05, 0.1) is 11.8 Å². The molecule has 2 aromatic carbocycles. The van der Waals surface area contributed by atoms with E-state index >= 15 is 0 Å². The normalized spacial score (nSPS) is 11.7. The van der Waals surface area contributed by atoms with Crippen LogP contribution < -0.4 is 14.8 Å². The third kappa shape index (κ3) is 4.87. The standard InChI is InChI=1S/C19H18BrN3O4/c1-13(24)12-26-18-16(20)17(23(22-18)14-8-4-2-5-9-14)21-19(25)27-15-10-6-3-7-11-15/h2-11,13,24H,12H2,1H3,(H,21,25)/t13-/m1/s1. The van der Waals surface area contributed by atoms with Gasteiger partial charge in [-0.2, -0.15) is 0 Å². The molecule has 1 aromatic heterocycles. The van der Waals surface area contributed by atoms with E-state index in [1.54, 1.807) is 31.2 Å². The lowest BCUT2D eigenvalue weighted by atomic mass is 10.3. The SMILES string of the molecule is C[C@@H](O)COc1nn(-c2ccccc2)c(NC(=O)Oc2ccccc2)c1Br. The number of para-hydroxylation sites is 2. The molecule has 0 fully saturated rings. The van der Waals surface area contributed by atoms with Crippen LogP contribution in [0.15, 0.2) is 65.1 Å². The molecule has 0 saturated carbocycles. The van der Waals surface area contributed by atoms with E-state index in [1.807, 2.05) is 36.4 Å². The summed E-state index contributed by atoms with van der Waals surface area (Å²) in [5, 5.41) is 16.5. The Kier molecular flexibility index (Phi) is 6.10. The molecular weight excluding hydrogens is 414 g/mol. The fourth-order valence-corrected chi connectivity index (χ4v) is 2.71. The van der Waals surface area contributed by atoms with Gasteiger partial charge >= 0.3 is 6.09 Å². The Morgan fingerprint density at radius 1 is 1.19 bits per heavy atom. The lowest BCUT2D eigenvalue weighted by Gasteiger charge is -2.09. The lowest BCUT2D eigenvalue weighted by Crippen LogP contribution is -2.19. The van der Waals surface area contributed by atoms with E-state index in [4.69, 9.17) is 9.47 Å². The minimum Gasteiger partial charge on any atom is -0.473 e. The van der Waals surface area contributed by atoms with E-state index in [1.165, 1.54) is 4.68 Å². The number of benzene rings is 2. The van der Waals surface area contributed by atoms with Gasteiger partial charge in [-0.05, 0) is 47.1 Å². The van der Waals surface area contributed by atoms with Gasteiger partial charge in [-0.15, -0.1) is 5.10 Å². The van der Waals surface area contributed by atoms with Gasteiger partial charge in [0.15, 0.2) is 5.82 Å². The highest BCUT2D eigenvalue weighted by atomic mass is 79.9. The highest BCUT2D eigenvalue weighted by molar-refractivity contribution is 9.10. The predicted molar refractivity (Wildman–Crippen MR) is 105 cm³/mol. The number of nitrogens with one attached hydrogen (secondary N) is 1. The van der Waals surface area contributed by atoms with Gasteiger partial charge < -0.3 is 14.6 Å². The fraction of sp³-hybridized carbons (Fsp3) is 0.158. The summed E-state index contributed by atoms with van der Waals surface area (Å²) in [7, 11) is 0. The number of ether oxygens (including phenoxy) is 2. The van der Waals surface area contributed by atoms with E-state index in [9.17, 15) is 9.90 Å². The average Bonchev–Trinajstić information content (AvgIpc) is 2.97. The number of aliphatic hydroxyl groups excluding tert-OH is 1. The maximum atomic E-state index is 12.3. The van der Waals surface area contributed by atoms with Gasteiger partial charge in [-0.1, -0.05) is 36.4 Å². The van der Waals surface area contributed by atoms with E-state index in [2.05, 4.69) is 26.3 Å². The second kappa shape index (κ2) is 8.70. The van der Waals surface area contributed by atoms with Crippen LogP contribution in [0.25, 0.3) is 5.69 Å². The van der Waals surface area contributed by atoms with Crippen molar-refractivity contribution in [3.63, 3.8) is 0 Å². The number of halogens is 1. The number of hydrogen-bond acceptors (Lipinski definition) is 5. The van der Waals surface area contributed by atoms with Crippen molar-refractivity contribution in [1.29, 1.82) is 0 Å². The molecule has 0 aliphatic heterocycles. The van der Waals surface area contributed by atoms with Crippen LogP contribution in [0.5, 0.6) is 11.6 Å². The number of carbonyl (C=O) groups excluding carboxylic acids is 1. The van der Waals surface area contributed by atoms with Crippen LogP contribution in [0, 0.1) is 0 Å². The third-order valence-corrected chi connectivity index (χ3v) is 4.15. The fourth-order valence-electron chi connectivity index (χ4n) is 2.25. The molecule has 0 aliphatic rings. The average molecular weight is 432 g/mol. The molecule has 1 heterocycles. The van der Waals surface area contributed by atoms with Crippen LogP contribution in [0.1, 0.15) is 6.92 Å². The lowest BCUT2D eigenvalue weighted by molar-refractivity contribution is 0.119. The van der Waals surface area contributed by atoms with Crippen LogP contribution in [-0.2, 0) is 0 Å². The summed E-state index contributed by atoms with van der Waals surface area (Å²) in [5.74, 6) is 1.01. The molecular formula is C19H18BrN3O4. The topological polar surface area (TPSA) is 85.6 Å². The summed E-state index contributed by atoms with van der Waals surface area (Å²) < 4.78 is 12.8. The molecule has 0 radical (unpaired) electrons. The zero-order valence-corrected chi connectivity index (χ0v) is 16.1. The Morgan fingerprint density at radius 2 is 1.81 bits per heavy atom. The van der Waals surface area contributed by atoms with Crippen molar-refractivity contribution in [2.45, 2.75) is 13.0 Å². The van der Waals surface area contributed by atoms with Crippen LogP contribution in [0.2, 0.25) is 0 Å². The summed E-state index contributed by atoms with van der Waals surface area (Å²) in [6.45, 7) is 1.68. The summed E-state index contributed by atoms with van der Waals surface area (Å²) in [6.07, 6.45) is -1.32. The largest absolute Gasteiger partial charge is 0.473 e. The second-order valence-electron chi connectivity index (χ2n) is 5.70. The first-order chi connectivity index (χ1) is 13.0. The van der Waals surface area contributed by atoms with Gasteiger partial charge in [0, 0.05) is 0 Å². The number of aromatic nitrogens is 2. The molecule has 3 rings (SSSR count). The van der Waals surface area contributed by atoms with Crippen molar-refractivity contribution >= 4 is 27.8 Å². The first-order valence-electron chi connectivity index (χ1n) is 8.23. The summed E-state index contributed by atoms with van der Waals surface area (Å²) in [6, 6.07) is 18.0. The van der Waals surface area contributed by atoms with Crippen molar-refractivity contribution in [3.8, 4) is 17.3 Å². The van der Waals surface area contributed by atoms with Crippen molar-refractivity contribution in [2.75, 3.05) is 11.9 Å². The predicted octanol–water partition coefficient (Wildman–Crippen LogP) is 4.01. The number of hydrogen-bond donors (Lipinski definition) is 2. The van der Waals surface area contributed by atoms with Gasteiger partial charge in [0.1, 0.15) is 16.8 Å². The Morgan fingerprint density at radius 3 is 2.44 bits per heavy atom. The summed E-state index contributed by atoms with van der Waals surface area (Å²) in [4.78, 5) is 12.3. The molecule has 3 aromatic rings. The molecule has 8 heteroatoms. The highest BCUT2D eigenvalue weighted by Crippen LogP contribution is 2.34. The number of anilines is 1. The Balaban J connectivity index is 1.88. The first kappa shape index (κ1) is 18.9. The molecule has 0 bridgehead atoms. The molecule has 0 spiro atoms.